The Morgan fingerprint density at radius 3 is 2.71 bits per heavy atom. The number of unbranched alkanes of at least 4 members (excludes halogenated alkanes) is 1. The van der Waals surface area contributed by atoms with Crippen LogP contribution in [-0.2, 0) is 20.6 Å². The van der Waals surface area contributed by atoms with Gasteiger partial charge in [0.2, 0.25) is 11.8 Å². The number of hydrogen-bond donors (Lipinski definition) is 0. The molecule has 1 aliphatic carbocycles. The third-order valence-corrected chi connectivity index (χ3v) is 6.91. The molecular formula is C26H35N3O4S. The second-order valence-corrected chi connectivity index (χ2v) is 9.89. The average molecular weight is 486 g/mol. The molecule has 1 saturated heterocycles. The zero-order valence-corrected chi connectivity index (χ0v) is 20.8. The number of allylic oxidation sites excluding steroid dienone is 3. The van der Waals surface area contributed by atoms with Crippen molar-refractivity contribution >= 4 is 11.8 Å². The number of benzene rings is 1. The summed E-state index contributed by atoms with van der Waals surface area (Å²) in [4.78, 5) is 2.46. The first kappa shape index (κ1) is 24.8. The lowest BCUT2D eigenvalue weighted by Gasteiger charge is -2.26. The highest BCUT2D eigenvalue weighted by atomic mass is 32.2. The number of aromatic nitrogens is 2. The zero-order valence-electron chi connectivity index (χ0n) is 20.0. The summed E-state index contributed by atoms with van der Waals surface area (Å²) in [5.41, 5.74) is -0.296. The van der Waals surface area contributed by atoms with Crippen LogP contribution < -0.4 is 4.74 Å². The molecule has 0 saturated carbocycles. The number of morpholine rings is 1. The Kier molecular flexibility index (Phi) is 9.47. The van der Waals surface area contributed by atoms with Crippen LogP contribution in [0.25, 0.3) is 0 Å². The summed E-state index contributed by atoms with van der Waals surface area (Å²) in [7, 11) is 0. The minimum absolute atomic E-state index is 0.296. The van der Waals surface area contributed by atoms with Crippen LogP contribution in [-0.4, -0.2) is 66.9 Å². The number of ether oxygens (including phenoxy) is 3. The van der Waals surface area contributed by atoms with Crippen molar-refractivity contribution in [1.82, 2.24) is 15.1 Å². The molecule has 34 heavy (non-hydrogen) atoms. The molecule has 1 fully saturated rings. The van der Waals surface area contributed by atoms with Gasteiger partial charge in [-0.15, -0.1) is 22.0 Å². The van der Waals surface area contributed by atoms with Crippen molar-refractivity contribution in [1.29, 1.82) is 0 Å². The molecule has 1 aliphatic heterocycles. The van der Waals surface area contributed by atoms with E-state index in [1.807, 2.05) is 36.4 Å². The van der Waals surface area contributed by atoms with E-state index < -0.39 is 0 Å². The van der Waals surface area contributed by atoms with Gasteiger partial charge in [0.25, 0.3) is 0 Å². The van der Waals surface area contributed by atoms with E-state index in [1.165, 1.54) is 0 Å². The maximum Gasteiger partial charge on any atom is 0.226 e. The van der Waals surface area contributed by atoms with Crippen LogP contribution in [0.4, 0.5) is 0 Å². The van der Waals surface area contributed by atoms with Crippen LogP contribution in [0.2, 0.25) is 0 Å². The zero-order chi connectivity index (χ0) is 23.5. The van der Waals surface area contributed by atoms with Gasteiger partial charge in [-0.2, -0.15) is 0 Å². The van der Waals surface area contributed by atoms with E-state index in [0.717, 1.165) is 76.0 Å². The molecule has 0 N–H and O–H groups in total. The molecule has 0 spiro atoms. The molecule has 184 valence electrons. The molecule has 0 amide bonds. The van der Waals surface area contributed by atoms with Crippen molar-refractivity contribution in [2.24, 2.45) is 0 Å². The molecule has 0 bridgehead atoms. The fourth-order valence-corrected chi connectivity index (χ4v) is 4.51. The van der Waals surface area contributed by atoms with E-state index in [0.29, 0.717) is 24.1 Å². The van der Waals surface area contributed by atoms with Crippen LogP contribution in [0.15, 0.2) is 58.7 Å². The number of para-hydroxylation sites is 1. The topological polar surface area (TPSA) is 69.9 Å². The Hall–Kier alpha value is -2.29. The lowest BCUT2D eigenvalue weighted by molar-refractivity contribution is 0.0364. The van der Waals surface area contributed by atoms with E-state index in [9.17, 15) is 0 Å². The van der Waals surface area contributed by atoms with Crippen molar-refractivity contribution in [2.45, 2.75) is 37.4 Å². The summed E-state index contributed by atoms with van der Waals surface area (Å²) in [6, 6.07) is 9.85. The van der Waals surface area contributed by atoms with Gasteiger partial charge in [0.05, 0.1) is 37.6 Å². The van der Waals surface area contributed by atoms with Crippen LogP contribution in [0.3, 0.4) is 0 Å². The molecule has 7 nitrogen and oxygen atoms in total. The Labute approximate surface area is 206 Å². The molecule has 2 heterocycles. The fourth-order valence-electron chi connectivity index (χ4n) is 3.87. The van der Waals surface area contributed by atoms with E-state index >= 15 is 0 Å². The number of rotatable bonds is 13. The smallest absolute Gasteiger partial charge is 0.226 e. The van der Waals surface area contributed by atoms with Gasteiger partial charge < -0.3 is 18.6 Å². The standard InChI is InChI=1S/C26H35N3O4S/c1-26(11-9-23(10-12-26)31-16-6-5-13-29-14-17-30-18-15-29)25-28-27-24(33-25)21-34-20-19-32-22-7-3-2-4-8-22/h2-4,7-11H,5-6,12-21H2,1H3. The molecule has 8 heteroatoms. The Morgan fingerprint density at radius 1 is 1.06 bits per heavy atom. The second-order valence-electron chi connectivity index (χ2n) is 8.79. The molecule has 4 rings (SSSR count). The molecular weight excluding hydrogens is 450 g/mol. The maximum absolute atomic E-state index is 5.98. The van der Waals surface area contributed by atoms with Crippen LogP contribution in [0, 0.1) is 0 Å². The summed E-state index contributed by atoms with van der Waals surface area (Å²) in [5.74, 6) is 4.67. The van der Waals surface area contributed by atoms with Crippen LogP contribution in [0.1, 0.15) is 38.0 Å². The minimum Gasteiger partial charge on any atom is -0.494 e. The van der Waals surface area contributed by atoms with Crippen LogP contribution >= 0.6 is 11.8 Å². The monoisotopic (exact) mass is 485 g/mol. The maximum atomic E-state index is 5.98. The third kappa shape index (κ3) is 7.61. The van der Waals surface area contributed by atoms with Crippen molar-refractivity contribution in [3.05, 3.63) is 66.1 Å². The molecule has 0 radical (unpaired) electrons. The Morgan fingerprint density at radius 2 is 1.91 bits per heavy atom. The largest absolute Gasteiger partial charge is 0.494 e. The van der Waals surface area contributed by atoms with Gasteiger partial charge in [-0.25, -0.2) is 0 Å². The van der Waals surface area contributed by atoms with E-state index in [2.05, 4.69) is 34.2 Å². The third-order valence-electron chi connectivity index (χ3n) is 6.00. The van der Waals surface area contributed by atoms with E-state index in [4.69, 9.17) is 18.6 Å². The molecule has 2 aliphatic rings. The summed E-state index contributed by atoms with van der Waals surface area (Å²) < 4.78 is 23.1. The van der Waals surface area contributed by atoms with E-state index in [-0.39, 0.29) is 5.41 Å². The summed E-state index contributed by atoms with van der Waals surface area (Å²) in [6.07, 6.45) is 9.27. The van der Waals surface area contributed by atoms with Gasteiger partial charge in [0.1, 0.15) is 11.5 Å². The lowest BCUT2D eigenvalue weighted by Crippen LogP contribution is -2.36. The van der Waals surface area contributed by atoms with Gasteiger partial charge in [-0.1, -0.05) is 24.3 Å². The highest BCUT2D eigenvalue weighted by molar-refractivity contribution is 7.98. The van der Waals surface area contributed by atoms with Gasteiger partial charge >= 0.3 is 0 Å². The van der Waals surface area contributed by atoms with Crippen LogP contribution in [0.5, 0.6) is 5.75 Å². The summed E-state index contributed by atoms with van der Waals surface area (Å²) in [6.45, 7) is 8.45. The first-order valence-electron chi connectivity index (χ1n) is 12.1. The quantitative estimate of drug-likeness (QED) is 0.381. The predicted molar refractivity (Wildman–Crippen MR) is 134 cm³/mol. The molecule has 1 aromatic heterocycles. The Bertz CT molecular complexity index is 927. The Balaban J connectivity index is 1.12. The highest BCUT2D eigenvalue weighted by Gasteiger charge is 2.31. The van der Waals surface area contributed by atoms with Gasteiger partial charge in [0.15, 0.2) is 0 Å². The predicted octanol–water partition coefficient (Wildman–Crippen LogP) is 4.61. The highest BCUT2D eigenvalue weighted by Crippen LogP contribution is 2.33. The van der Waals surface area contributed by atoms with Crippen molar-refractivity contribution < 1.29 is 18.6 Å². The van der Waals surface area contributed by atoms with Gasteiger partial charge in [-0.3, -0.25) is 4.90 Å². The SMILES string of the molecule is CC1(c2nnc(CSCCOc3ccccc3)o2)C=CC(OCCCCN2CCOCC2)=CC1. The number of nitrogens with zero attached hydrogens (tertiary/aromatic N) is 3. The minimum atomic E-state index is -0.296. The van der Waals surface area contributed by atoms with Crippen molar-refractivity contribution in [3.63, 3.8) is 0 Å². The number of thioether (sulfide) groups is 1. The lowest BCUT2D eigenvalue weighted by atomic mass is 9.83. The normalized spacial score (nSPS) is 20.8. The van der Waals surface area contributed by atoms with E-state index in [1.54, 1.807) is 11.8 Å². The van der Waals surface area contributed by atoms with Crippen molar-refractivity contribution in [2.75, 3.05) is 51.8 Å². The first-order chi connectivity index (χ1) is 16.7. The number of hydrogen-bond acceptors (Lipinski definition) is 8. The summed E-state index contributed by atoms with van der Waals surface area (Å²) in [5, 5.41) is 8.56. The van der Waals surface area contributed by atoms with Crippen molar-refractivity contribution in [3.8, 4) is 5.75 Å². The summed E-state index contributed by atoms with van der Waals surface area (Å²) >= 11 is 1.73. The first-order valence-corrected chi connectivity index (χ1v) is 13.3. The molecule has 1 unspecified atom stereocenters. The van der Waals surface area contributed by atoms with Gasteiger partial charge in [-0.05, 0) is 57.0 Å². The van der Waals surface area contributed by atoms with Gasteiger partial charge in [0, 0.05) is 18.8 Å². The molecule has 2 aromatic rings. The molecule has 1 aromatic carbocycles. The molecule has 1 atom stereocenters. The average Bonchev–Trinajstić information content (AvgIpc) is 3.36. The fraction of sp³-hybridized carbons (Fsp3) is 0.538. The second kappa shape index (κ2) is 13.0.